The van der Waals surface area contributed by atoms with Gasteiger partial charge in [0.2, 0.25) is 0 Å². The first-order chi connectivity index (χ1) is 8.33. The molecule has 1 aliphatic rings. The van der Waals surface area contributed by atoms with E-state index in [0.29, 0.717) is 0 Å². The van der Waals surface area contributed by atoms with Gasteiger partial charge in [-0.1, -0.05) is 6.07 Å². The van der Waals surface area contributed by atoms with Crippen LogP contribution in [0.25, 0.3) is 10.9 Å². The molecule has 0 bridgehead atoms. The molecule has 17 heavy (non-hydrogen) atoms. The number of rotatable bonds is 1. The summed E-state index contributed by atoms with van der Waals surface area (Å²) in [7, 11) is 2.17. The third-order valence-corrected chi connectivity index (χ3v) is 3.38. The van der Waals surface area contributed by atoms with Crippen molar-refractivity contribution in [1.29, 1.82) is 0 Å². The van der Waals surface area contributed by atoms with Crippen LogP contribution in [0.1, 0.15) is 0 Å². The van der Waals surface area contributed by atoms with Crippen molar-refractivity contribution in [3.63, 3.8) is 0 Å². The van der Waals surface area contributed by atoms with Gasteiger partial charge in [0.05, 0.1) is 17.4 Å². The second-order valence-electron chi connectivity index (χ2n) is 4.60. The van der Waals surface area contributed by atoms with Crippen LogP contribution in [0.15, 0.2) is 30.5 Å². The number of pyridine rings is 1. The molecule has 1 aromatic carbocycles. The van der Waals surface area contributed by atoms with Gasteiger partial charge in [0.15, 0.2) is 0 Å². The third kappa shape index (κ3) is 2.11. The molecule has 1 saturated heterocycles. The van der Waals surface area contributed by atoms with Gasteiger partial charge >= 0.3 is 0 Å². The van der Waals surface area contributed by atoms with E-state index in [9.17, 15) is 0 Å². The summed E-state index contributed by atoms with van der Waals surface area (Å²) in [6.07, 6.45) is 1.98. The highest BCUT2D eigenvalue weighted by atomic mass is 15.2. The van der Waals surface area contributed by atoms with Crippen LogP contribution in [0.4, 0.5) is 5.69 Å². The van der Waals surface area contributed by atoms with Crippen LogP contribution in [0.3, 0.4) is 0 Å². The number of hydrogen-bond acceptors (Lipinski definition) is 3. The SMILES string of the molecule is CN1CCN(c2cnc3cc[c]cc3c2)CC1. The Bertz CT molecular complexity index is 516. The predicted octanol–water partition coefficient (Wildman–Crippen LogP) is 1.79. The monoisotopic (exact) mass is 226 g/mol. The molecule has 3 rings (SSSR count). The van der Waals surface area contributed by atoms with Crippen molar-refractivity contribution in [1.82, 2.24) is 9.88 Å². The fourth-order valence-electron chi connectivity index (χ4n) is 2.24. The molecule has 2 heterocycles. The summed E-state index contributed by atoms with van der Waals surface area (Å²) in [4.78, 5) is 9.26. The van der Waals surface area contributed by atoms with E-state index in [1.54, 1.807) is 0 Å². The van der Waals surface area contributed by atoms with Gasteiger partial charge in [0.1, 0.15) is 0 Å². The number of nitrogens with zero attached hydrogens (tertiary/aromatic N) is 3. The number of benzene rings is 1. The largest absolute Gasteiger partial charge is 0.368 e. The van der Waals surface area contributed by atoms with E-state index in [1.165, 1.54) is 11.1 Å². The average Bonchev–Trinajstić information content (AvgIpc) is 2.39. The smallest absolute Gasteiger partial charge is 0.0704 e. The van der Waals surface area contributed by atoms with E-state index in [-0.39, 0.29) is 0 Å². The molecule has 1 aromatic heterocycles. The highest BCUT2D eigenvalue weighted by Crippen LogP contribution is 2.20. The fraction of sp³-hybridized carbons (Fsp3) is 0.357. The topological polar surface area (TPSA) is 19.4 Å². The van der Waals surface area contributed by atoms with Crippen molar-refractivity contribution in [3.05, 3.63) is 36.5 Å². The Labute approximate surface area is 102 Å². The molecule has 0 saturated carbocycles. The van der Waals surface area contributed by atoms with Crippen LogP contribution >= 0.6 is 0 Å². The van der Waals surface area contributed by atoms with Gasteiger partial charge in [0.25, 0.3) is 0 Å². The zero-order valence-electron chi connectivity index (χ0n) is 10.1. The van der Waals surface area contributed by atoms with Crippen LogP contribution < -0.4 is 4.90 Å². The first kappa shape index (κ1) is 10.5. The van der Waals surface area contributed by atoms with Crippen LogP contribution in [-0.4, -0.2) is 43.1 Å². The van der Waals surface area contributed by atoms with Gasteiger partial charge in [0, 0.05) is 31.6 Å². The van der Waals surface area contributed by atoms with Crippen molar-refractivity contribution in [2.24, 2.45) is 0 Å². The Morgan fingerprint density at radius 1 is 1.24 bits per heavy atom. The second-order valence-corrected chi connectivity index (χ2v) is 4.60. The summed E-state index contributed by atoms with van der Waals surface area (Å²) < 4.78 is 0. The van der Waals surface area contributed by atoms with E-state index >= 15 is 0 Å². The summed E-state index contributed by atoms with van der Waals surface area (Å²) in [5, 5.41) is 1.17. The summed E-state index contributed by atoms with van der Waals surface area (Å²) in [6, 6.07) is 11.2. The van der Waals surface area contributed by atoms with Gasteiger partial charge < -0.3 is 9.80 Å². The van der Waals surface area contributed by atoms with Crippen LogP contribution in [-0.2, 0) is 0 Å². The van der Waals surface area contributed by atoms with E-state index in [2.05, 4.69) is 34.0 Å². The average molecular weight is 226 g/mol. The van der Waals surface area contributed by atoms with Crippen molar-refractivity contribution >= 4 is 16.6 Å². The minimum Gasteiger partial charge on any atom is -0.368 e. The first-order valence-electron chi connectivity index (χ1n) is 6.02. The maximum Gasteiger partial charge on any atom is 0.0704 e. The zero-order valence-corrected chi connectivity index (χ0v) is 10.1. The Hall–Kier alpha value is -1.61. The van der Waals surface area contributed by atoms with Crippen molar-refractivity contribution in [3.8, 4) is 0 Å². The highest BCUT2D eigenvalue weighted by Gasteiger charge is 2.14. The van der Waals surface area contributed by atoms with Crippen LogP contribution in [0.2, 0.25) is 0 Å². The number of fused-ring (bicyclic) bond motifs is 1. The summed E-state index contributed by atoms with van der Waals surface area (Å²) >= 11 is 0. The lowest BCUT2D eigenvalue weighted by atomic mass is 10.2. The van der Waals surface area contributed by atoms with Gasteiger partial charge in [-0.25, -0.2) is 0 Å². The Morgan fingerprint density at radius 2 is 2.06 bits per heavy atom. The molecule has 0 aliphatic carbocycles. The van der Waals surface area contributed by atoms with E-state index in [1.807, 2.05) is 24.4 Å². The molecule has 0 unspecified atom stereocenters. The third-order valence-electron chi connectivity index (χ3n) is 3.38. The van der Waals surface area contributed by atoms with Crippen molar-refractivity contribution in [2.45, 2.75) is 0 Å². The summed E-state index contributed by atoms with van der Waals surface area (Å²) in [5.74, 6) is 0. The lowest BCUT2D eigenvalue weighted by Crippen LogP contribution is -2.44. The molecule has 1 radical (unpaired) electrons. The maximum absolute atomic E-state index is 4.50. The molecule has 0 spiro atoms. The standard InChI is InChI=1S/C14H16N3/c1-16-6-8-17(9-7-16)13-10-12-4-2-3-5-14(12)15-11-13/h3-5,10-11H,6-9H2,1H3. The lowest BCUT2D eigenvalue weighted by molar-refractivity contribution is 0.313. The molecule has 0 amide bonds. The second kappa shape index (κ2) is 4.34. The lowest BCUT2D eigenvalue weighted by Gasteiger charge is -2.33. The van der Waals surface area contributed by atoms with Crippen molar-refractivity contribution < 1.29 is 0 Å². The van der Waals surface area contributed by atoms with Gasteiger partial charge in [-0.15, -0.1) is 0 Å². The van der Waals surface area contributed by atoms with E-state index < -0.39 is 0 Å². The number of hydrogen-bond donors (Lipinski definition) is 0. The quantitative estimate of drug-likeness (QED) is 0.739. The van der Waals surface area contributed by atoms with E-state index in [4.69, 9.17) is 0 Å². The molecule has 1 fully saturated rings. The maximum atomic E-state index is 4.50. The minimum absolute atomic E-state index is 1.04. The normalized spacial score (nSPS) is 17.6. The number of piperazine rings is 1. The minimum atomic E-state index is 1.04. The predicted molar refractivity (Wildman–Crippen MR) is 70.3 cm³/mol. The van der Waals surface area contributed by atoms with Gasteiger partial charge in [-0.3, -0.25) is 4.98 Å². The number of anilines is 1. The molecule has 3 heteroatoms. The molecular formula is C14H16N3. The van der Waals surface area contributed by atoms with Gasteiger partial charge in [-0.2, -0.15) is 0 Å². The highest BCUT2D eigenvalue weighted by molar-refractivity contribution is 5.81. The molecule has 2 aromatic rings. The molecule has 87 valence electrons. The molecular weight excluding hydrogens is 210 g/mol. The Balaban J connectivity index is 1.90. The molecule has 0 N–H and O–H groups in total. The fourth-order valence-corrected chi connectivity index (χ4v) is 2.24. The first-order valence-corrected chi connectivity index (χ1v) is 6.02. The zero-order chi connectivity index (χ0) is 11.7. The molecule has 0 atom stereocenters. The molecule has 3 nitrogen and oxygen atoms in total. The summed E-state index contributed by atoms with van der Waals surface area (Å²) in [6.45, 7) is 4.42. The van der Waals surface area contributed by atoms with Gasteiger partial charge in [-0.05, 0) is 31.3 Å². The van der Waals surface area contributed by atoms with Crippen molar-refractivity contribution in [2.75, 3.05) is 38.1 Å². The van der Waals surface area contributed by atoms with Crippen LogP contribution in [0, 0.1) is 6.07 Å². The van der Waals surface area contributed by atoms with Crippen LogP contribution in [0.5, 0.6) is 0 Å². The van der Waals surface area contributed by atoms with E-state index in [0.717, 1.165) is 31.7 Å². The summed E-state index contributed by atoms with van der Waals surface area (Å²) in [5.41, 5.74) is 2.27. The number of likely N-dealkylation sites (N-methyl/N-ethyl adjacent to an activating group) is 1. The number of aromatic nitrogens is 1. The Morgan fingerprint density at radius 3 is 2.88 bits per heavy atom. The Kier molecular flexibility index (Phi) is 2.69. The molecule has 1 aliphatic heterocycles.